The highest BCUT2D eigenvalue weighted by atomic mass is 32.2. The fourth-order valence-corrected chi connectivity index (χ4v) is 3.98. The van der Waals surface area contributed by atoms with E-state index in [-0.39, 0.29) is 11.7 Å². The van der Waals surface area contributed by atoms with E-state index in [9.17, 15) is 4.79 Å². The Morgan fingerprint density at radius 1 is 1.06 bits per heavy atom. The second-order valence-corrected chi connectivity index (χ2v) is 7.91. The van der Waals surface area contributed by atoms with E-state index in [2.05, 4.69) is 27.6 Å². The molecule has 0 aliphatic rings. The van der Waals surface area contributed by atoms with E-state index in [1.54, 1.807) is 12.3 Å². The van der Waals surface area contributed by atoms with Gasteiger partial charge in [-0.25, -0.2) is 0 Å². The molecule has 2 aromatic heterocycles. The van der Waals surface area contributed by atoms with Gasteiger partial charge in [0.15, 0.2) is 5.16 Å². The van der Waals surface area contributed by atoms with E-state index in [0.29, 0.717) is 30.5 Å². The first-order valence-corrected chi connectivity index (χ1v) is 11.3. The molecule has 1 N–H and O–H groups in total. The summed E-state index contributed by atoms with van der Waals surface area (Å²) in [5, 5.41) is 12.3. The van der Waals surface area contributed by atoms with Gasteiger partial charge in [-0.3, -0.25) is 9.36 Å². The monoisotopic (exact) mass is 448 g/mol. The Kier molecular flexibility index (Phi) is 7.24. The Morgan fingerprint density at radius 3 is 2.59 bits per heavy atom. The first-order chi connectivity index (χ1) is 15.7. The van der Waals surface area contributed by atoms with Gasteiger partial charge in [0.2, 0.25) is 5.91 Å². The molecule has 2 heterocycles. The van der Waals surface area contributed by atoms with Gasteiger partial charge in [-0.05, 0) is 48.9 Å². The number of rotatable bonds is 10. The quantitative estimate of drug-likeness (QED) is 0.365. The fourth-order valence-electron chi connectivity index (χ4n) is 3.18. The van der Waals surface area contributed by atoms with Crippen LogP contribution in [0.2, 0.25) is 0 Å². The molecule has 2 aromatic carbocycles. The molecular formula is C24H24N4O3S. The summed E-state index contributed by atoms with van der Waals surface area (Å²) in [4.78, 5) is 12.3. The Hall–Kier alpha value is -3.52. The van der Waals surface area contributed by atoms with Crippen molar-refractivity contribution in [3.8, 4) is 11.4 Å². The van der Waals surface area contributed by atoms with Crippen LogP contribution in [0.1, 0.15) is 24.1 Å². The molecule has 4 rings (SSSR count). The molecule has 0 saturated carbocycles. The number of benzene rings is 2. The molecule has 0 aliphatic carbocycles. The van der Waals surface area contributed by atoms with Crippen LogP contribution in [0.25, 0.3) is 5.69 Å². The maximum absolute atomic E-state index is 12.3. The van der Waals surface area contributed by atoms with Crippen molar-refractivity contribution in [2.45, 2.75) is 25.0 Å². The highest BCUT2D eigenvalue weighted by Crippen LogP contribution is 2.25. The summed E-state index contributed by atoms with van der Waals surface area (Å²) in [7, 11) is 0. The summed E-state index contributed by atoms with van der Waals surface area (Å²) in [5.74, 6) is 2.45. The van der Waals surface area contributed by atoms with E-state index < -0.39 is 0 Å². The number of ether oxygens (including phenoxy) is 1. The smallest absolute Gasteiger partial charge is 0.230 e. The van der Waals surface area contributed by atoms with Crippen LogP contribution in [0.15, 0.2) is 82.6 Å². The average molecular weight is 449 g/mol. The van der Waals surface area contributed by atoms with Crippen LogP contribution in [0.4, 0.5) is 0 Å². The molecule has 0 atom stereocenters. The number of hydrogen-bond donors (Lipinski definition) is 1. The van der Waals surface area contributed by atoms with Gasteiger partial charge in [0, 0.05) is 12.1 Å². The third-order valence-corrected chi connectivity index (χ3v) is 5.61. The molecule has 164 valence electrons. The number of amides is 1. The van der Waals surface area contributed by atoms with Gasteiger partial charge in [0.05, 0.1) is 25.2 Å². The molecule has 0 bridgehead atoms. The van der Waals surface area contributed by atoms with Gasteiger partial charge >= 0.3 is 0 Å². The zero-order valence-corrected chi connectivity index (χ0v) is 18.5. The van der Waals surface area contributed by atoms with Crippen molar-refractivity contribution in [1.82, 2.24) is 20.1 Å². The Bertz CT molecular complexity index is 1130. The van der Waals surface area contributed by atoms with Crippen molar-refractivity contribution in [2.75, 3.05) is 12.4 Å². The number of furan rings is 1. The fraction of sp³-hybridized carbons (Fsp3) is 0.208. The molecule has 7 nitrogen and oxygen atoms in total. The van der Waals surface area contributed by atoms with Crippen LogP contribution in [-0.2, 0) is 17.8 Å². The van der Waals surface area contributed by atoms with Crippen LogP contribution >= 0.6 is 11.8 Å². The lowest BCUT2D eigenvalue weighted by molar-refractivity contribution is -0.118. The Balaban J connectivity index is 1.52. The van der Waals surface area contributed by atoms with Crippen molar-refractivity contribution < 1.29 is 13.9 Å². The number of carbonyl (C=O) groups excluding carboxylic acids is 1. The lowest BCUT2D eigenvalue weighted by Gasteiger charge is -2.11. The van der Waals surface area contributed by atoms with Gasteiger partial charge in [-0.15, -0.1) is 10.2 Å². The summed E-state index contributed by atoms with van der Waals surface area (Å²) in [6.45, 7) is 2.92. The SMILES string of the molecule is CCOc1ccc(-n2c(Cc3ccccc3)nnc2SCC(=O)NCc2ccco2)cc1. The van der Waals surface area contributed by atoms with Crippen LogP contribution in [0.5, 0.6) is 5.75 Å². The Labute approximate surface area is 190 Å². The molecule has 0 radical (unpaired) electrons. The van der Waals surface area contributed by atoms with Gasteiger partial charge in [-0.2, -0.15) is 0 Å². The van der Waals surface area contributed by atoms with Gasteiger partial charge in [0.25, 0.3) is 0 Å². The zero-order valence-electron chi connectivity index (χ0n) is 17.7. The molecule has 0 spiro atoms. The predicted octanol–water partition coefficient (Wildman–Crippen LogP) is 4.26. The molecule has 0 unspecified atom stereocenters. The third-order valence-electron chi connectivity index (χ3n) is 4.68. The summed E-state index contributed by atoms with van der Waals surface area (Å²) >= 11 is 1.35. The minimum absolute atomic E-state index is 0.0998. The molecule has 8 heteroatoms. The predicted molar refractivity (Wildman–Crippen MR) is 123 cm³/mol. The maximum atomic E-state index is 12.3. The van der Waals surface area contributed by atoms with Crippen molar-refractivity contribution in [1.29, 1.82) is 0 Å². The number of carbonyl (C=O) groups is 1. The molecule has 4 aromatic rings. The van der Waals surface area contributed by atoms with E-state index in [1.165, 1.54) is 11.8 Å². The van der Waals surface area contributed by atoms with Gasteiger partial charge in [0.1, 0.15) is 17.3 Å². The van der Waals surface area contributed by atoms with Crippen LogP contribution < -0.4 is 10.1 Å². The molecule has 0 aliphatic heterocycles. The van der Waals surface area contributed by atoms with Crippen molar-refractivity contribution in [3.05, 3.63) is 90.1 Å². The van der Waals surface area contributed by atoms with Gasteiger partial charge < -0.3 is 14.5 Å². The lowest BCUT2D eigenvalue weighted by atomic mass is 10.1. The van der Waals surface area contributed by atoms with Gasteiger partial charge in [-0.1, -0.05) is 42.1 Å². The van der Waals surface area contributed by atoms with E-state index in [0.717, 1.165) is 22.8 Å². The third kappa shape index (κ3) is 5.59. The summed E-state index contributed by atoms with van der Waals surface area (Å²) < 4.78 is 12.8. The normalized spacial score (nSPS) is 10.8. The minimum Gasteiger partial charge on any atom is -0.494 e. The van der Waals surface area contributed by atoms with Crippen molar-refractivity contribution >= 4 is 17.7 Å². The topological polar surface area (TPSA) is 82.2 Å². The van der Waals surface area contributed by atoms with Crippen LogP contribution in [0, 0.1) is 0 Å². The molecule has 0 saturated heterocycles. The van der Waals surface area contributed by atoms with Crippen molar-refractivity contribution in [2.24, 2.45) is 0 Å². The Morgan fingerprint density at radius 2 is 1.88 bits per heavy atom. The number of thioether (sulfide) groups is 1. The number of aromatic nitrogens is 3. The van der Waals surface area contributed by atoms with Crippen LogP contribution in [0.3, 0.4) is 0 Å². The second kappa shape index (κ2) is 10.7. The second-order valence-electron chi connectivity index (χ2n) is 6.97. The molecular weight excluding hydrogens is 424 g/mol. The number of hydrogen-bond acceptors (Lipinski definition) is 6. The maximum Gasteiger partial charge on any atom is 0.230 e. The first kappa shape index (κ1) is 21.7. The lowest BCUT2D eigenvalue weighted by Crippen LogP contribution is -2.24. The van der Waals surface area contributed by atoms with E-state index >= 15 is 0 Å². The standard InChI is InChI=1S/C24H24N4O3S/c1-2-30-20-12-10-19(11-13-20)28-22(15-18-7-4-3-5-8-18)26-27-24(28)32-17-23(29)25-16-21-9-6-14-31-21/h3-14H,2,15-17H2,1H3,(H,25,29). The number of nitrogens with zero attached hydrogens (tertiary/aromatic N) is 3. The highest BCUT2D eigenvalue weighted by Gasteiger charge is 2.16. The first-order valence-electron chi connectivity index (χ1n) is 10.4. The summed E-state index contributed by atoms with van der Waals surface area (Å²) in [5.41, 5.74) is 2.06. The highest BCUT2D eigenvalue weighted by molar-refractivity contribution is 7.99. The van der Waals surface area contributed by atoms with E-state index in [1.807, 2.05) is 60.0 Å². The summed E-state index contributed by atoms with van der Waals surface area (Å²) in [6.07, 6.45) is 2.22. The average Bonchev–Trinajstić information content (AvgIpc) is 3.48. The zero-order chi connectivity index (χ0) is 22.2. The number of nitrogens with one attached hydrogen (secondary N) is 1. The molecule has 32 heavy (non-hydrogen) atoms. The molecule has 1 amide bonds. The minimum atomic E-state index is -0.0998. The molecule has 0 fully saturated rings. The largest absolute Gasteiger partial charge is 0.494 e. The van der Waals surface area contributed by atoms with Crippen LogP contribution in [-0.4, -0.2) is 33.0 Å². The van der Waals surface area contributed by atoms with E-state index in [4.69, 9.17) is 9.15 Å². The summed E-state index contributed by atoms with van der Waals surface area (Å²) in [6, 6.07) is 21.5. The van der Waals surface area contributed by atoms with Crippen molar-refractivity contribution in [3.63, 3.8) is 0 Å².